The van der Waals surface area contributed by atoms with E-state index in [9.17, 15) is 4.79 Å². The highest BCUT2D eigenvalue weighted by Gasteiger charge is 2.29. The van der Waals surface area contributed by atoms with Crippen molar-refractivity contribution in [3.63, 3.8) is 0 Å². The lowest BCUT2D eigenvalue weighted by Gasteiger charge is -2.33. The van der Waals surface area contributed by atoms with Crippen molar-refractivity contribution in [2.75, 3.05) is 31.1 Å². The smallest absolute Gasteiger partial charge is 0.261 e. The number of fused-ring (bicyclic) bond motifs is 5. The third-order valence-electron chi connectivity index (χ3n) is 6.32. The first-order valence-electron chi connectivity index (χ1n) is 10.2. The zero-order valence-corrected chi connectivity index (χ0v) is 16.6. The molecule has 6 rings (SSSR count). The number of piperidine rings is 1. The summed E-state index contributed by atoms with van der Waals surface area (Å²) < 4.78 is 1.68. The number of anilines is 1. The number of benzene rings is 2. The Kier molecular flexibility index (Phi) is 4.20. The number of rotatable bonds is 2. The van der Waals surface area contributed by atoms with Gasteiger partial charge in [-0.05, 0) is 44.0 Å². The molecule has 1 aromatic heterocycles. The summed E-state index contributed by atoms with van der Waals surface area (Å²) in [5, 5.41) is 0.704. The first-order valence-corrected chi connectivity index (χ1v) is 10.2. The molecule has 3 saturated heterocycles. The molecule has 3 aliphatic heterocycles. The molecule has 28 heavy (non-hydrogen) atoms. The standard InChI is InChI=1S/C23H26N4O/c1-16-4-3-5-17(14-16)22-24-21-7-6-19(15-20(21)23(28)25(22)2)27-13-12-26-10-8-18(27)9-11-26/h3-7,14-15,18H,8-13H2,1-2H3. The third kappa shape index (κ3) is 2.90. The van der Waals surface area contributed by atoms with E-state index >= 15 is 0 Å². The summed E-state index contributed by atoms with van der Waals surface area (Å²) in [4.78, 5) is 23.0. The fourth-order valence-electron chi connectivity index (χ4n) is 4.71. The highest BCUT2D eigenvalue weighted by atomic mass is 16.1. The molecule has 4 heterocycles. The van der Waals surface area contributed by atoms with Crippen LogP contribution in [0.25, 0.3) is 22.3 Å². The van der Waals surface area contributed by atoms with E-state index in [2.05, 4.69) is 41.0 Å². The number of hydrogen-bond acceptors (Lipinski definition) is 4. The van der Waals surface area contributed by atoms with Crippen molar-refractivity contribution in [3.8, 4) is 11.4 Å². The molecule has 0 spiro atoms. The van der Waals surface area contributed by atoms with Gasteiger partial charge in [0.25, 0.3) is 5.56 Å². The Hall–Kier alpha value is -2.66. The van der Waals surface area contributed by atoms with Gasteiger partial charge in [-0.15, -0.1) is 0 Å². The number of aromatic nitrogens is 2. The van der Waals surface area contributed by atoms with Gasteiger partial charge in [-0.3, -0.25) is 9.36 Å². The topological polar surface area (TPSA) is 41.4 Å². The monoisotopic (exact) mass is 374 g/mol. The van der Waals surface area contributed by atoms with Gasteiger partial charge in [0, 0.05) is 50.5 Å². The second-order valence-corrected chi connectivity index (χ2v) is 8.14. The van der Waals surface area contributed by atoms with Gasteiger partial charge >= 0.3 is 0 Å². The Morgan fingerprint density at radius 3 is 2.61 bits per heavy atom. The highest BCUT2D eigenvalue weighted by Crippen LogP contribution is 2.29. The van der Waals surface area contributed by atoms with Gasteiger partial charge in [0.05, 0.1) is 10.9 Å². The summed E-state index contributed by atoms with van der Waals surface area (Å²) >= 11 is 0. The van der Waals surface area contributed by atoms with Crippen LogP contribution in [-0.2, 0) is 7.05 Å². The molecular weight excluding hydrogens is 348 g/mol. The summed E-state index contributed by atoms with van der Waals surface area (Å²) in [6, 6.07) is 14.9. The summed E-state index contributed by atoms with van der Waals surface area (Å²) in [5.41, 5.74) is 4.08. The van der Waals surface area contributed by atoms with Crippen LogP contribution in [0.2, 0.25) is 0 Å². The van der Waals surface area contributed by atoms with Gasteiger partial charge < -0.3 is 9.80 Å². The normalized spacial score (nSPS) is 21.9. The minimum atomic E-state index is 0.0197. The Bertz CT molecular complexity index is 1100. The van der Waals surface area contributed by atoms with Crippen molar-refractivity contribution in [1.82, 2.24) is 14.5 Å². The first-order chi connectivity index (χ1) is 13.6. The summed E-state index contributed by atoms with van der Waals surface area (Å²) in [7, 11) is 1.82. The Morgan fingerprint density at radius 1 is 1.00 bits per heavy atom. The largest absolute Gasteiger partial charge is 0.367 e. The lowest BCUT2D eigenvalue weighted by Crippen LogP contribution is -2.38. The highest BCUT2D eigenvalue weighted by molar-refractivity contribution is 5.83. The SMILES string of the molecule is Cc1cccc(-c2nc3ccc(N4CCN5CCC4CC5)cc3c(=O)n2C)c1. The predicted octanol–water partition coefficient (Wildman–Crippen LogP) is 3.19. The van der Waals surface area contributed by atoms with Gasteiger partial charge in [0.15, 0.2) is 0 Å². The van der Waals surface area contributed by atoms with Gasteiger partial charge in [0.2, 0.25) is 0 Å². The van der Waals surface area contributed by atoms with Crippen LogP contribution in [0.5, 0.6) is 0 Å². The van der Waals surface area contributed by atoms with Crippen molar-refractivity contribution in [1.29, 1.82) is 0 Å². The number of hydrogen-bond donors (Lipinski definition) is 0. The molecule has 0 saturated carbocycles. The molecule has 0 aliphatic carbocycles. The molecule has 3 aliphatic rings. The third-order valence-corrected chi connectivity index (χ3v) is 6.32. The van der Waals surface area contributed by atoms with Crippen molar-refractivity contribution >= 4 is 16.6 Å². The number of aryl methyl sites for hydroxylation is 1. The van der Waals surface area contributed by atoms with Crippen LogP contribution in [0.1, 0.15) is 18.4 Å². The molecule has 0 N–H and O–H groups in total. The fourth-order valence-corrected chi connectivity index (χ4v) is 4.71. The van der Waals surface area contributed by atoms with Gasteiger partial charge in [-0.25, -0.2) is 4.98 Å². The zero-order valence-electron chi connectivity index (χ0n) is 16.6. The van der Waals surface area contributed by atoms with Gasteiger partial charge in [0.1, 0.15) is 5.82 Å². The van der Waals surface area contributed by atoms with E-state index in [1.165, 1.54) is 25.9 Å². The van der Waals surface area contributed by atoms with E-state index in [4.69, 9.17) is 4.98 Å². The van der Waals surface area contributed by atoms with E-state index < -0.39 is 0 Å². The van der Waals surface area contributed by atoms with E-state index in [1.807, 2.05) is 25.2 Å². The minimum absolute atomic E-state index is 0.0197. The lowest BCUT2D eigenvalue weighted by atomic mass is 10.0. The predicted molar refractivity (Wildman–Crippen MR) is 114 cm³/mol. The lowest BCUT2D eigenvalue weighted by molar-refractivity contribution is 0.250. The van der Waals surface area contributed by atoms with Crippen LogP contribution in [-0.4, -0.2) is 46.7 Å². The van der Waals surface area contributed by atoms with Crippen LogP contribution < -0.4 is 10.5 Å². The first kappa shape index (κ1) is 17.4. The number of nitrogens with zero attached hydrogens (tertiary/aromatic N) is 4. The molecule has 5 heteroatoms. The zero-order chi connectivity index (χ0) is 19.3. The molecule has 5 nitrogen and oxygen atoms in total. The minimum Gasteiger partial charge on any atom is -0.367 e. The molecule has 0 unspecified atom stereocenters. The maximum atomic E-state index is 13.2. The van der Waals surface area contributed by atoms with E-state index in [0.29, 0.717) is 11.4 Å². The molecule has 0 atom stereocenters. The molecule has 144 valence electrons. The van der Waals surface area contributed by atoms with E-state index in [1.54, 1.807) is 4.57 Å². The second-order valence-electron chi connectivity index (χ2n) is 8.14. The second kappa shape index (κ2) is 6.74. The van der Waals surface area contributed by atoms with E-state index in [0.717, 1.165) is 41.2 Å². The van der Waals surface area contributed by atoms with Crippen molar-refractivity contribution < 1.29 is 0 Å². The van der Waals surface area contributed by atoms with Gasteiger partial charge in [-0.1, -0.05) is 23.8 Å². The van der Waals surface area contributed by atoms with E-state index in [-0.39, 0.29) is 5.56 Å². The Morgan fingerprint density at radius 2 is 1.82 bits per heavy atom. The van der Waals surface area contributed by atoms with Crippen molar-refractivity contribution in [2.45, 2.75) is 25.8 Å². The summed E-state index contributed by atoms with van der Waals surface area (Å²) in [6.45, 7) is 6.58. The Labute approximate surface area is 165 Å². The summed E-state index contributed by atoms with van der Waals surface area (Å²) in [5.74, 6) is 0.718. The van der Waals surface area contributed by atoms with Crippen molar-refractivity contribution in [3.05, 3.63) is 58.4 Å². The average Bonchev–Trinajstić information content (AvgIpc) is 3.04. The average molecular weight is 374 g/mol. The van der Waals surface area contributed by atoms with Crippen LogP contribution in [0.15, 0.2) is 47.3 Å². The van der Waals surface area contributed by atoms with Crippen LogP contribution in [0.3, 0.4) is 0 Å². The Balaban J connectivity index is 1.60. The maximum Gasteiger partial charge on any atom is 0.261 e. The molecule has 3 aromatic rings. The quantitative estimate of drug-likeness (QED) is 0.691. The summed E-state index contributed by atoms with van der Waals surface area (Å²) in [6.07, 6.45) is 2.42. The molecular formula is C23H26N4O. The fraction of sp³-hybridized carbons (Fsp3) is 0.391. The molecule has 2 aromatic carbocycles. The van der Waals surface area contributed by atoms with Gasteiger partial charge in [-0.2, -0.15) is 0 Å². The molecule has 2 bridgehead atoms. The maximum absolute atomic E-state index is 13.2. The van der Waals surface area contributed by atoms with Crippen molar-refractivity contribution in [2.24, 2.45) is 7.05 Å². The van der Waals surface area contributed by atoms with Crippen LogP contribution in [0, 0.1) is 6.92 Å². The molecule has 0 amide bonds. The molecule has 3 fully saturated rings. The molecule has 0 radical (unpaired) electrons. The van der Waals surface area contributed by atoms with Crippen LogP contribution >= 0.6 is 0 Å². The van der Waals surface area contributed by atoms with Crippen LogP contribution in [0.4, 0.5) is 5.69 Å².